The molecule has 3 rings (SSSR count). The first-order valence-electron chi connectivity index (χ1n) is 8.64. The summed E-state index contributed by atoms with van der Waals surface area (Å²) in [6.45, 7) is 1.82. The van der Waals surface area contributed by atoms with E-state index in [1.54, 1.807) is 26.4 Å². The van der Waals surface area contributed by atoms with Crippen molar-refractivity contribution >= 4 is 11.9 Å². The van der Waals surface area contributed by atoms with Crippen LogP contribution in [0.15, 0.2) is 18.2 Å². The summed E-state index contributed by atoms with van der Waals surface area (Å²) in [4.78, 5) is 26.0. The van der Waals surface area contributed by atoms with Crippen LogP contribution in [0.3, 0.4) is 0 Å². The summed E-state index contributed by atoms with van der Waals surface area (Å²) in [5.41, 5.74) is 0.795. The lowest BCUT2D eigenvalue weighted by Gasteiger charge is -2.31. The molecule has 1 aromatic carbocycles. The molecule has 0 spiro atoms. The maximum Gasteiger partial charge on any atom is 0.324 e. The van der Waals surface area contributed by atoms with Gasteiger partial charge in [-0.3, -0.25) is 9.69 Å². The summed E-state index contributed by atoms with van der Waals surface area (Å²) in [5, 5.41) is 2.87. The van der Waals surface area contributed by atoms with E-state index in [1.165, 1.54) is 4.90 Å². The van der Waals surface area contributed by atoms with Crippen LogP contribution in [-0.2, 0) is 14.3 Å². The highest BCUT2D eigenvalue weighted by molar-refractivity contribution is 5.97. The Labute approximate surface area is 152 Å². The molecular weight excluding hydrogens is 340 g/mol. The second-order valence-corrected chi connectivity index (χ2v) is 6.22. The van der Waals surface area contributed by atoms with Gasteiger partial charge in [-0.25, -0.2) is 4.79 Å². The molecular formula is C18H24N2O6. The van der Waals surface area contributed by atoms with Crippen LogP contribution in [0.25, 0.3) is 0 Å². The SMILES string of the molecule is COc1ccc(C2CC(=O)N(CCOC3CCOC3)C(=O)N2)cc1OC. The maximum absolute atomic E-state index is 12.4. The van der Waals surface area contributed by atoms with E-state index in [-0.39, 0.29) is 25.0 Å². The molecule has 2 atom stereocenters. The monoisotopic (exact) mass is 364 g/mol. The van der Waals surface area contributed by atoms with Crippen molar-refractivity contribution < 1.29 is 28.5 Å². The van der Waals surface area contributed by atoms with Gasteiger partial charge in [0.1, 0.15) is 0 Å². The first-order chi connectivity index (χ1) is 12.6. The number of hydrogen-bond donors (Lipinski definition) is 1. The summed E-state index contributed by atoms with van der Waals surface area (Å²) in [6.07, 6.45) is 1.09. The number of carbonyl (C=O) groups is 2. The molecule has 1 aromatic rings. The average Bonchev–Trinajstić information content (AvgIpc) is 3.16. The van der Waals surface area contributed by atoms with Crippen molar-refractivity contribution in [3.05, 3.63) is 23.8 Å². The Hall–Kier alpha value is -2.32. The van der Waals surface area contributed by atoms with Crippen LogP contribution in [0.5, 0.6) is 11.5 Å². The second kappa shape index (κ2) is 8.37. The van der Waals surface area contributed by atoms with Crippen molar-refractivity contribution in [3.63, 3.8) is 0 Å². The molecule has 0 bridgehead atoms. The van der Waals surface area contributed by atoms with Gasteiger partial charge < -0.3 is 24.3 Å². The van der Waals surface area contributed by atoms with E-state index in [1.807, 2.05) is 6.07 Å². The molecule has 3 amide bonds. The molecule has 0 radical (unpaired) electrons. The van der Waals surface area contributed by atoms with Crippen molar-refractivity contribution in [1.82, 2.24) is 10.2 Å². The van der Waals surface area contributed by atoms with Gasteiger partial charge in [0, 0.05) is 6.61 Å². The Morgan fingerprint density at radius 1 is 1.23 bits per heavy atom. The Morgan fingerprint density at radius 2 is 2.04 bits per heavy atom. The van der Waals surface area contributed by atoms with E-state index in [0.717, 1.165) is 12.0 Å². The summed E-state index contributed by atoms with van der Waals surface area (Å²) in [6, 6.07) is 4.55. The Bertz CT molecular complexity index is 641. The minimum absolute atomic E-state index is 0.0532. The van der Waals surface area contributed by atoms with Crippen molar-refractivity contribution in [2.75, 3.05) is 40.6 Å². The molecule has 2 aliphatic heterocycles. The molecule has 2 unspecified atom stereocenters. The fourth-order valence-corrected chi connectivity index (χ4v) is 3.13. The van der Waals surface area contributed by atoms with Gasteiger partial charge in [0.2, 0.25) is 5.91 Å². The minimum atomic E-state index is -0.410. The Morgan fingerprint density at radius 3 is 2.69 bits per heavy atom. The van der Waals surface area contributed by atoms with Crippen LogP contribution in [0, 0.1) is 0 Å². The van der Waals surface area contributed by atoms with Gasteiger partial charge in [0.25, 0.3) is 0 Å². The van der Waals surface area contributed by atoms with Gasteiger partial charge in [-0.2, -0.15) is 0 Å². The molecule has 2 heterocycles. The first kappa shape index (κ1) is 18.5. The lowest BCUT2D eigenvalue weighted by molar-refractivity contribution is -0.131. The molecule has 2 fully saturated rings. The molecule has 2 aliphatic rings. The van der Waals surface area contributed by atoms with Gasteiger partial charge in [-0.15, -0.1) is 0 Å². The largest absolute Gasteiger partial charge is 0.493 e. The van der Waals surface area contributed by atoms with E-state index < -0.39 is 12.1 Å². The van der Waals surface area contributed by atoms with Crippen LogP contribution in [-0.4, -0.2) is 63.5 Å². The van der Waals surface area contributed by atoms with Gasteiger partial charge in [0.15, 0.2) is 11.5 Å². The maximum atomic E-state index is 12.4. The number of methoxy groups -OCH3 is 2. The minimum Gasteiger partial charge on any atom is -0.493 e. The van der Waals surface area contributed by atoms with Crippen LogP contribution in [0.4, 0.5) is 4.79 Å². The third-order valence-corrected chi connectivity index (χ3v) is 4.59. The topological polar surface area (TPSA) is 86.3 Å². The highest BCUT2D eigenvalue weighted by Gasteiger charge is 2.33. The first-order valence-corrected chi connectivity index (χ1v) is 8.64. The molecule has 8 nitrogen and oxygen atoms in total. The molecule has 8 heteroatoms. The fourth-order valence-electron chi connectivity index (χ4n) is 3.13. The number of imide groups is 1. The molecule has 142 valence electrons. The van der Waals surface area contributed by atoms with Crippen LogP contribution >= 0.6 is 0 Å². The molecule has 2 saturated heterocycles. The van der Waals surface area contributed by atoms with Crippen molar-refractivity contribution in [1.29, 1.82) is 0 Å². The zero-order valence-corrected chi connectivity index (χ0v) is 15.0. The fraction of sp³-hybridized carbons (Fsp3) is 0.556. The van der Waals surface area contributed by atoms with Crippen LogP contribution < -0.4 is 14.8 Å². The van der Waals surface area contributed by atoms with E-state index in [0.29, 0.717) is 31.3 Å². The number of nitrogens with one attached hydrogen (secondary N) is 1. The summed E-state index contributed by atoms with van der Waals surface area (Å²) in [5.74, 6) is 0.931. The summed E-state index contributed by atoms with van der Waals surface area (Å²) >= 11 is 0. The third-order valence-electron chi connectivity index (χ3n) is 4.59. The number of ether oxygens (including phenoxy) is 4. The number of urea groups is 1. The highest BCUT2D eigenvalue weighted by atomic mass is 16.5. The summed E-state index contributed by atoms with van der Waals surface area (Å²) < 4.78 is 21.4. The number of rotatable bonds is 7. The van der Waals surface area contributed by atoms with E-state index >= 15 is 0 Å². The number of hydrogen-bond acceptors (Lipinski definition) is 6. The standard InChI is InChI=1S/C18H24N2O6/c1-23-15-4-3-12(9-16(15)24-2)14-10-17(21)20(18(22)19-14)6-8-26-13-5-7-25-11-13/h3-4,9,13-14H,5-8,10-11H2,1-2H3,(H,19,22). The number of carbonyl (C=O) groups excluding carboxylic acids is 2. The van der Waals surface area contributed by atoms with Crippen molar-refractivity contribution in [2.24, 2.45) is 0 Å². The van der Waals surface area contributed by atoms with Gasteiger partial charge >= 0.3 is 6.03 Å². The molecule has 0 saturated carbocycles. The normalized spacial score (nSPS) is 23.1. The smallest absolute Gasteiger partial charge is 0.324 e. The van der Waals surface area contributed by atoms with Gasteiger partial charge in [-0.1, -0.05) is 6.07 Å². The molecule has 26 heavy (non-hydrogen) atoms. The average molecular weight is 364 g/mol. The number of benzene rings is 1. The van der Waals surface area contributed by atoms with E-state index in [2.05, 4.69) is 5.32 Å². The lowest BCUT2D eigenvalue weighted by Crippen LogP contribution is -2.52. The summed E-state index contributed by atoms with van der Waals surface area (Å²) in [7, 11) is 3.10. The Balaban J connectivity index is 1.59. The van der Waals surface area contributed by atoms with E-state index in [9.17, 15) is 9.59 Å². The quantitative estimate of drug-likeness (QED) is 0.789. The highest BCUT2D eigenvalue weighted by Crippen LogP contribution is 2.32. The van der Waals surface area contributed by atoms with Crippen LogP contribution in [0.1, 0.15) is 24.4 Å². The lowest BCUT2D eigenvalue weighted by atomic mass is 10.0. The van der Waals surface area contributed by atoms with E-state index in [4.69, 9.17) is 18.9 Å². The molecule has 0 aromatic heterocycles. The van der Waals surface area contributed by atoms with Crippen molar-refractivity contribution in [2.45, 2.75) is 25.0 Å². The third kappa shape index (κ3) is 4.08. The van der Waals surface area contributed by atoms with Gasteiger partial charge in [-0.05, 0) is 24.1 Å². The van der Waals surface area contributed by atoms with Crippen LogP contribution in [0.2, 0.25) is 0 Å². The predicted molar refractivity (Wildman–Crippen MR) is 92.3 cm³/mol. The molecule has 0 aliphatic carbocycles. The van der Waals surface area contributed by atoms with Gasteiger partial charge in [0.05, 0.1) is 52.5 Å². The van der Waals surface area contributed by atoms with Crippen molar-refractivity contribution in [3.8, 4) is 11.5 Å². The molecule has 1 N–H and O–H groups in total. The Kier molecular flexibility index (Phi) is 5.95. The second-order valence-electron chi connectivity index (χ2n) is 6.22. The zero-order valence-electron chi connectivity index (χ0n) is 15.0. The zero-order chi connectivity index (χ0) is 18.5. The predicted octanol–water partition coefficient (Wildman–Crippen LogP) is 1.49. The number of nitrogens with zero attached hydrogens (tertiary/aromatic N) is 1. The number of amides is 3.